The van der Waals surface area contributed by atoms with Crippen molar-refractivity contribution in [3.05, 3.63) is 65.5 Å². The van der Waals surface area contributed by atoms with Gasteiger partial charge < -0.3 is 15.2 Å². The van der Waals surface area contributed by atoms with Crippen LogP contribution in [0.2, 0.25) is 0 Å². The predicted molar refractivity (Wildman–Crippen MR) is 95.2 cm³/mol. The molecule has 4 rings (SSSR count). The van der Waals surface area contributed by atoms with Crippen molar-refractivity contribution < 1.29 is 14.3 Å². The molecule has 1 unspecified atom stereocenters. The van der Waals surface area contributed by atoms with Crippen molar-refractivity contribution in [1.82, 2.24) is 4.98 Å². The Hall–Kier alpha value is -2.92. The molecule has 2 aromatic carbocycles. The Labute approximate surface area is 145 Å². The van der Waals surface area contributed by atoms with E-state index in [2.05, 4.69) is 4.98 Å². The van der Waals surface area contributed by atoms with Crippen molar-refractivity contribution in [2.75, 3.05) is 13.2 Å². The van der Waals surface area contributed by atoms with Gasteiger partial charge in [0.15, 0.2) is 17.3 Å². The van der Waals surface area contributed by atoms with Gasteiger partial charge in [-0.15, -0.1) is 0 Å². The maximum absolute atomic E-state index is 13.2. The molecule has 1 aliphatic heterocycles. The second-order valence-electron chi connectivity index (χ2n) is 6.08. The van der Waals surface area contributed by atoms with Crippen LogP contribution >= 0.6 is 0 Å². The highest BCUT2D eigenvalue weighted by atomic mass is 16.6. The number of nitrogens with two attached hydrogens (primary N) is 1. The van der Waals surface area contributed by atoms with E-state index in [1.54, 1.807) is 18.5 Å². The van der Waals surface area contributed by atoms with Crippen LogP contribution in [0.5, 0.6) is 11.5 Å². The van der Waals surface area contributed by atoms with E-state index in [4.69, 9.17) is 15.2 Å². The molecule has 3 aromatic rings. The Kier molecular flexibility index (Phi) is 3.86. The van der Waals surface area contributed by atoms with Gasteiger partial charge in [-0.3, -0.25) is 9.78 Å². The number of ketones is 1. The Balaban J connectivity index is 1.88. The molecule has 0 radical (unpaired) electrons. The first kappa shape index (κ1) is 15.6. The molecule has 0 amide bonds. The van der Waals surface area contributed by atoms with Crippen molar-refractivity contribution in [3.63, 3.8) is 0 Å². The van der Waals surface area contributed by atoms with Crippen molar-refractivity contribution in [3.8, 4) is 11.5 Å². The summed E-state index contributed by atoms with van der Waals surface area (Å²) in [6.45, 7) is 2.74. The van der Waals surface area contributed by atoms with E-state index >= 15 is 0 Å². The molecule has 2 heterocycles. The molecule has 126 valence electrons. The standard InChI is InChI=1S/C20H18N2O3/c1-12(21)14-5-6-17(20-19(14)24-9-10-25-20)18(23)16-4-2-3-13-11-22-8-7-15(13)16/h2-8,11-12H,9-10,21H2,1H3. The normalized spacial score (nSPS) is 14.3. The summed E-state index contributed by atoms with van der Waals surface area (Å²) in [6.07, 6.45) is 3.44. The van der Waals surface area contributed by atoms with Gasteiger partial charge in [0, 0.05) is 34.9 Å². The highest BCUT2D eigenvalue weighted by molar-refractivity contribution is 6.17. The number of nitrogens with zero attached hydrogens (tertiary/aromatic N) is 1. The van der Waals surface area contributed by atoms with Crippen molar-refractivity contribution >= 4 is 16.6 Å². The van der Waals surface area contributed by atoms with Crippen LogP contribution in [0.25, 0.3) is 10.8 Å². The fraction of sp³-hybridized carbons (Fsp3) is 0.200. The summed E-state index contributed by atoms with van der Waals surface area (Å²) < 4.78 is 11.5. The fourth-order valence-electron chi connectivity index (χ4n) is 3.16. The van der Waals surface area contributed by atoms with Crippen molar-refractivity contribution in [1.29, 1.82) is 0 Å². The molecular formula is C20H18N2O3. The van der Waals surface area contributed by atoms with E-state index in [0.29, 0.717) is 35.8 Å². The molecule has 5 nitrogen and oxygen atoms in total. The number of rotatable bonds is 3. The van der Waals surface area contributed by atoms with E-state index in [9.17, 15) is 4.79 Å². The van der Waals surface area contributed by atoms with Gasteiger partial charge in [-0.2, -0.15) is 0 Å². The van der Waals surface area contributed by atoms with E-state index in [1.807, 2.05) is 37.3 Å². The van der Waals surface area contributed by atoms with E-state index < -0.39 is 0 Å². The molecule has 1 aliphatic rings. The fourth-order valence-corrected chi connectivity index (χ4v) is 3.16. The van der Waals surface area contributed by atoms with Gasteiger partial charge in [0.05, 0.1) is 5.56 Å². The van der Waals surface area contributed by atoms with Crippen molar-refractivity contribution in [2.24, 2.45) is 5.73 Å². The topological polar surface area (TPSA) is 74.4 Å². The van der Waals surface area contributed by atoms with Crippen LogP contribution in [0.1, 0.15) is 34.5 Å². The zero-order valence-electron chi connectivity index (χ0n) is 13.9. The molecule has 25 heavy (non-hydrogen) atoms. The highest BCUT2D eigenvalue weighted by Crippen LogP contribution is 2.40. The Morgan fingerprint density at radius 2 is 1.88 bits per heavy atom. The Morgan fingerprint density at radius 3 is 2.68 bits per heavy atom. The minimum Gasteiger partial charge on any atom is -0.486 e. The number of pyridine rings is 1. The van der Waals surface area contributed by atoms with Crippen molar-refractivity contribution in [2.45, 2.75) is 13.0 Å². The number of fused-ring (bicyclic) bond motifs is 2. The molecular weight excluding hydrogens is 316 g/mol. The van der Waals surface area contributed by atoms with Gasteiger partial charge in [0.1, 0.15) is 13.2 Å². The number of hydrogen-bond acceptors (Lipinski definition) is 5. The van der Waals surface area contributed by atoms with Gasteiger partial charge in [-0.25, -0.2) is 0 Å². The average molecular weight is 334 g/mol. The summed E-state index contributed by atoms with van der Waals surface area (Å²) in [5.41, 5.74) is 7.97. The first-order valence-electron chi connectivity index (χ1n) is 8.22. The number of carbonyl (C=O) groups excluding carboxylic acids is 1. The quantitative estimate of drug-likeness (QED) is 0.744. The minimum atomic E-state index is -0.205. The lowest BCUT2D eigenvalue weighted by Gasteiger charge is -2.24. The van der Waals surface area contributed by atoms with E-state index in [-0.39, 0.29) is 11.8 Å². The van der Waals surface area contributed by atoms with Gasteiger partial charge in [0.2, 0.25) is 0 Å². The smallest absolute Gasteiger partial charge is 0.197 e. The maximum Gasteiger partial charge on any atom is 0.197 e. The number of benzene rings is 2. The molecule has 1 aromatic heterocycles. The highest BCUT2D eigenvalue weighted by Gasteiger charge is 2.26. The zero-order valence-corrected chi connectivity index (χ0v) is 13.9. The molecule has 0 aliphatic carbocycles. The molecule has 2 N–H and O–H groups in total. The SMILES string of the molecule is CC(N)c1ccc(C(=O)c2cccc3cnccc23)c2c1OCCO2. The summed E-state index contributed by atoms with van der Waals surface area (Å²) in [4.78, 5) is 17.3. The monoisotopic (exact) mass is 334 g/mol. The largest absolute Gasteiger partial charge is 0.486 e. The van der Waals surface area contributed by atoms with Gasteiger partial charge in [-0.1, -0.05) is 24.3 Å². The van der Waals surface area contributed by atoms with Gasteiger partial charge in [0.25, 0.3) is 0 Å². The van der Waals surface area contributed by atoms with E-state index in [1.165, 1.54) is 0 Å². The Morgan fingerprint density at radius 1 is 1.08 bits per heavy atom. The van der Waals surface area contributed by atoms with Crippen LogP contribution in [0.3, 0.4) is 0 Å². The molecule has 0 saturated carbocycles. The minimum absolute atomic E-state index is 0.102. The lowest BCUT2D eigenvalue weighted by atomic mass is 9.95. The molecule has 0 fully saturated rings. The molecule has 0 spiro atoms. The van der Waals surface area contributed by atoms with Crippen LogP contribution in [0, 0.1) is 0 Å². The summed E-state index contributed by atoms with van der Waals surface area (Å²) in [6, 6.07) is 10.9. The third-order valence-electron chi connectivity index (χ3n) is 4.38. The molecule has 0 saturated heterocycles. The second kappa shape index (κ2) is 6.18. The average Bonchev–Trinajstić information content (AvgIpc) is 2.66. The molecule has 0 bridgehead atoms. The number of aromatic nitrogens is 1. The summed E-state index contributed by atoms with van der Waals surface area (Å²) in [7, 11) is 0. The van der Waals surface area contributed by atoms with Crippen LogP contribution in [0.4, 0.5) is 0 Å². The van der Waals surface area contributed by atoms with Gasteiger partial charge in [-0.05, 0) is 24.4 Å². The predicted octanol–water partition coefficient (Wildman–Crippen LogP) is 3.26. The third kappa shape index (κ3) is 2.62. The number of carbonyl (C=O) groups is 1. The van der Waals surface area contributed by atoms with Gasteiger partial charge >= 0.3 is 0 Å². The first-order chi connectivity index (χ1) is 12.2. The molecule has 5 heteroatoms. The summed E-state index contributed by atoms with van der Waals surface area (Å²) >= 11 is 0. The van der Waals surface area contributed by atoms with E-state index in [0.717, 1.165) is 16.3 Å². The number of hydrogen-bond donors (Lipinski definition) is 1. The lowest BCUT2D eigenvalue weighted by molar-refractivity contribution is 0.102. The van der Waals surface area contributed by atoms with Crippen LogP contribution in [-0.4, -0.2) is 24.0 Å². The summed E-state index contributed by atoms with van der Waals surface area (Å²) in [5, 5.41) is 1.79. The third-order valence-corrected chi connectivity index (χ3v) is 4.38. The van der Waals surface area contributed by atoms with Crippen LogP contribution in [0.15, 0.2) is 48.8 Å². The Bertz CT molecular complexity index is 961. The molecule has 1 atom stereocenters. The summed E-state index contributed by atoms with van der Waals surface area (Å²) in [5.74, 6) is 0.959. The lowest BCUT2D eigenvalue weighted by Crippen LogP contribution is -2.21. The van der Waals surface area contributed by atoms with Crippen LogP contribution in [-0.2, 0) is 0 Å². The second-order valence-corrected chi connectivity index (χ2v) is 6.08. The number of ether oxygens (including phenoxy) is 2. The first-order valence-corrected chi connectivity index (χ1v) is 8.22. The zero-order chi connectivity index (χ0) is 17.4. The maximum atomic E-state index is 13.2. The van der Waals surface area contributed by atoms with Crippen LogP contribution < -0.4 is 15.2 Å².